The second kappa shape index (κ2) is 6.14. The zero-order valence-electron chi connectivity index (χ0n) is 13.2. The van der Waals surface area contributed by atoms with Crippen molar-refractivity contribution >= 4 is 17.8 Å². The number of hydroxylamine groups is 2. The lowest BCUT2D eigenvalue weighted by molar-refractivity contribution is -0.181. The van der Waals surface area contributed by atoms with E-state index in [2.05, 4.69) is 4.98 Å². The molecule has 128 valence electrons. The van der Waals surface area contributed by atoms with Crippen LogP contribution in [0.15, 0.2) is 43.0 Å². The first-order valence-corrected chi connectivity index (χ1v) is 7.94. The first kappa shape index (κ1) is 15.5. The van der Waals surface area contributed by atoms with Crippen molar-refractivity contribution in [3.63, 3.8) is 0 Å². The van der Waals surface area contributed by atoms with Gasteiger partial charge in [0, 0.05) is 18.9 Å². The van der Waals surface area contributed by atoms with Crippen molar-refractivity contribution in [2.45, 2.75) is 31.6 Å². The summed E-state index contributed by atoms with van der Waals surface area (Å²) in [6.07, 6.45) is 5.37. The number of fused-ring (bicyclic) bond motifs is 1. The Kier molecular flexibility index (Phi) is 3.81. The van der Waals surface area contributed by atoms with Gasteiger partial charge in [0.1, 0.15) is 0 Å². The fourth-order valence-corrected chi connectivity index (χ4v) is 3.04. The SMILES string of the molecule is O=C(ON1C(=O)c2ccccc2C1=O)[C@@H]1CC[C@H](Cn2ccnc2)O1. The molecule has 2 atom stereocenters. The molecule has 8 nitrogen and oxygen atoms in total. The van der Waals surface area contributed by atoms with E-state index in [9.17, 15) is 14.4 Å². The molecule has 0 unspecified atom stereocenters. The second-order valence-electron chi connectivity index (χ2n) is 5.94. The quantitative estimate of drug-likeness (QED) is 0.776. The lowest BCUT2D eigenvalue weighted by Crippen LogP contribution is -2.37. The summed E-state index contributed by atoms with van der Waals surface area (Å²) in [5.41, 5.74) is 0.455. The van der Waals surface area contributed by atoms with Gasteiger partial charge in [-0.1, -0.05) is 17.2 Å². The standard InChI is InChI=1S/C17H15N3O5/c21-15-12-3-1-2-4-13(12)16(22)20(15)25-17(23)14-6-5-11(24-14)9-19-8-7-18-10-19/h1-4,7-8,10-11,14H,5-6,9H2/t11-,14+/m1/s1. The topological polar surface area (TPSA) is 90.7 Å². The van der Waals surface area contributed by atoms with Crippen LogP contribution in [0.4, 0.5) is 0 Å². The molecule has 0 N–H and O–H groups in total. The summed E-state index contributed by atoms with van der Waals surface area (Å²) in [6.45, 7) is 0.580. The van der Waals surface area contributed by atoms with Crippen LogP contribution in [-0.4, -0.2) is 44.6 Å². The van der Waals surface area contributed by atoms with Crippen molar-refractivity contribution in [2.75, 3.05) is 0 Å². The van der Waals surface area contributed by atoms with Crippen LogP contribution >= 0.6 is 0 Å². The molecular weight excluding hydrogens is 326 g/mol. The van der Waals surface area contributed by atoms with Crippen LogP contribution in [0.5, 0.6) is 0 Å². The van der Waals surface area contributed by atoms with Gasteiger partial charge in [-0.3, -0.25) is 9.59 Å². The van der Waals surface area contributed by atoms with Crippen LogP contribution in [0, 0.1) is 0 Å². The zero-order valence-corrected chi connectivity index (χ0v) is 13.2. The van der Waals surface area contributed by atoms with Gasteiger partial charge < -0.3 is 14.1 Å². The van der Waals surface area contributed by atoms with Crippen LogP contribution in [0.2, 0.25) is 0 Å². The predicted octanol–water partition coefficient (Wildman–Crippen LogP) is 1.19. The number of imidazole rings is 1. The van der Waals surface area contributed by atoms with Crippen LogP contribution in [0.3, 0.4) is 0 Å². The number of carbonyl (C=O) groups is 3. The number of carbonyl (C=O) groups excluding carboxylic acids is 3. The molecule has 4 rings (SSSR count). The molecule has 25 heavy (non-hydrogen) atoms. The molecule has 0 bridgehead atoms. The molecule has 0 saturated carbocycles. The van der Waals surface area contributed by atoms with Gasteiger partial charge in [-0.15, -0.1) is 0 Å². The highest BCUT2D eigenvalue weighted by Gasteiger charge is 2.41. The Morgan fingerprint density at radius 2 is 1.92 bits per heavy atom. The molecule has 0 radical (unpaired) electrons. The number of ether oxygens (including phenoxy) is 1. The second-order valence-corrected chi connectivity index (χ2v) is 5.94. The van der Waals surface area contributed by atoms with Crippen molar-refractivity contribution in [3.8, 4) is 0 Å². The normalized spacial score (nSPS) is 22.3. The monoisotopic (exact) mass is 341 g/mol. The maximum atomic E-state index is 12.3. The average Bonchev–Trinajstić information content (AvgIpc) is 3.34. The molecule has 8 heteroatoms. The minimum Gasteiger partial charge on any atom is -0.361 e. The molecule has 2 aromatic rings. The van der Waals surface area contributed by atoms with Gasteiger partial charge in [0.05, 0.1) is 23.6 Å². The third-order valence-electron chi connectivity index (χ3n) is 4.28. The number of amides is 2. The number of aromatic nitrogens is 2. The molecule has 1 aromatic carbocycles. The van der Waals surface area contributed by atoms with E-state index < -0.39 is 23.9 Å². The van der Waals surface area contributed by atoms with Gasteiger partial charge in [0.25, 0.3) is 11.8 Å². The van der Waals surface area contributed by atoms with Crippen molar-refractivity contribution in [2.24, 2.45) is 0 Å². The predicted molar refractivity (Wildman–Crippen MR) is 83.2 cm³/mol. The first-order chi connectivity index (χ1) is 12.1. The van der Waals surface area contributed by atoms with Crippen LogP contribution in [-0.2, 0) is 20.9 Å². The zero-order chi connectivity index (χ0) is 17.4. The minimum absolute atomic E-state index is 0.145. The summed E-state index contributed by atoms with van der Waals surface area (Å²) in [7, 11) is 0. The third kappa shape index (κ3) is 2.80. The summed E-state index contributed by atoms with van der Waals surface area (Å²) < 4.78 is 7.55. The van der Waals surface area contributed by atoms with Gasteiger partial charge in [-0.2, -0.15) is 0 Å². The summed E-state index contributed by atoms with van der Waals surface area (Å²) in [6, 6.07) is 6.35. The van der Waals surface area contributed by atoms with E-state index in [1.165, 1.54) is 12.1 Å². The number of hydrogen-bond acceptors (Lipinski definition) is 6. The van der Waals surface area contributed by atoms with Crippen molar-refractivity contribution in [3.05, 3.63) is 54.1 Å². The van der Waals surface area contributed by atoms with E-state index in [-0.39, 0.29) is 17.2 Å². The Balaban J connectivity index is 1.38. The van der Waals surface area contributed by atoms with E-state index in [0.717, 1.165) is 0 Å². The summed E-state index contributed by atoms with van der Waals surface area (Å²) in [5.74, 6) is -2.01. The fraction of sp³-hybridized carbons (Fsp3) is 0.294. The van der Waals surface area contributed by atoms with Crippen molar-refractivity contribution < 1.29 is 24.0 Å². The lowest BCUT2D eigenvalue weighted by Gasteiger charge is -2.16. The Labute approximate surface area is 142 Å². The first-order valence-electron chi connectivity index (χ1n) is 7.94. The van der Waals surface area contributed by atoms with E-state index >= 15 is 0 Å². The Morgan fingerprint density at radius 3 is 2.56 bits per heavy atom. The molecule has 0 aliphatic carbocycles. The number of imide groups is 1. The van der Waals surface area contributed by atoms with Crippen molar-refractivity contribution in [1.29, 1.82) is 0 Å². The van der Waals surface area contributed by atoms with E-state index in [0.29, 0.717) is 24.4 Å². The maximum absolute atomic E-state index is 12.3. The molecule has 3 heterocycles. The molecule has 0 spiro atoms. The van der Waals surface area contributed by atoms with Crippen LogP contribution in [0.1, 0.15) is 33.6 Å². The maximum Gasteiger partial charge on any atom is 0.361 e. The van der Waals surface area contributed by atoms with E-state index in [1.54, 1.807) is 24.7 Å². The molecule has 2 aliphatic rings. The van der Waals surface area contributed by atoms with Crippen molar-refractivity contribution in [1.82, 2.24) is 14.6 Å². The lowest BCUT2D eigenvalue weighted by atomic mass is 10.1. The van der Waals surface area contributed by atoms with E-state index in [4.69, 9.17) is 9.57 Å². The Hall–Kier alpha value is -3.00. The molecule has 2 amide bonds. The number of rotatable bonds is 4. The Morgan fingerprint density at radius 1 is 1.20 bits per heavy atom. The van der Waals surface area contributed by atoms with Crippen LogP contribution in [0.25, 0.3) is 0 Å². The Bertz CT molecular complexity index is 798. The smallest absolute Gasteiger partial charge is 0.361 e. The summed E-state index contributed by atoms with van der Waals surface area (Å²) in [4.78, 5) is 45.7. The van der Waals surface area contributed by atoms with Gasteiger partial charge in [-0.05, 0) is 25.0 Å². The molecule has 1 fully saturated rings. The van der Waals surface area contributed by atoms with Gasteiger partial charge in [0.15, 0.2) is 6.10 Å². The van der Waals surface area contributed by atoms with Crippen LogP contribution < -0.4 is 0 Å². The molecule has 2 aliphatic heterocycles. The number of hydrogen-bond donors (Lipinski definition) is 0. The largest absolute Gasteiger partial charge is 0.361 e. The third-order valence-corrected chi connectivity index (χ3v) is 4.28. The molecular formula is C17H15N3O5. The van der Waals surface area contributed by atoms with Gasteiger partial charge in [0.2, 0.25) is 0 Å². The number of benzene rings is 1. The summed E-state index contributed by atoms with van der Waals surface area (Å²) >= 11 is 0. The number of nitrogens with zero attached hydrogens (tertiary/aromatic N) is 3. The fourth-order valence-electron chi connectivity index (χ4n) is 3.04. The van der Waals surface area contributed by atoms with Gasteiger partial charge >= 0.3 is 5.97 Å². The van der Waals surface area contributed by atoms with Gasteiger partial charge in [-0.25, -0.2) is 9.78 Å². The highest BCUT2D eigenvalue weighted by atomic mass is 16.7. The molecule has 1 aromatic heterocycles. The molecule has 1 saturated heterocycles. The minimum atomic E-state index is -0.794. The van der Waals surface area contributed by atoms with E-state index in [1.807, 2.05) is 10.8 Å². The summed E-state index contributed by atoms with van der Waals surface area (Å²) in [5, 5.41) is 0.513. The average molecular weight is 341 g/mol. The highest BCUT2D eigenvalue weighted by Crippen LogP contribution is 2.26. The highest BCUT2D eigenvalue weighted by molar-refractivity contribution is 6.20.